The molecule has 2 aromatic rings. The zero-order chi connectivity index (χ0) is 11.7. The number of carboxylic acids is 1. The van der Waals surface area contributed by atoms with E-state index in [9.17, 15) is 9.18 Å². The van der Waals surface area contributed by atoms with Gasteiger partial charge in [0.2, 0.25) is 0 Å². The summed E-state index contributed by atoms with van der Waals surface area (Å²) in [6.07, 6.45) is 3.03. The van der Waals surface area contributed by atoms with Crippen molar-refractivity contribution >= 4 is 35.6 Å². The van der Waals surface area contributed by atoms with Crippen molar-refractivity contribution in [3.8, 4) is 0 Å². The van der Waals surface area contributed by atoms with Crippen LogP contribution in [0.5, 0.6) is 0 Å². The molecule has 0 aliphatic carbocycles. The Hall–Kier alpha value is -1.75. The summed E-state index contributed by atoms with van der Waals surface area (Å²) in [5.41, 5.74) is 1.29. The number of aromatic nitrogens is 1. The fourth-order valence-electron chi connectivity index (χ4n) is 1.45. The topological polar surface area (TPSA) is 53.1 Å². The van der Waals surface area contributed by atoms with Crippen molar-refractivity contribution in [2.24, 2.45) is 0 Å². The van der Waals surface area contributed by atoms with Crippen LogP contribution in [0.3, 0.4) is 0 Å². The Morgan fingerprint density at radius 1 is 1.50 bits per heavy atom. The predicted molar refractivity (Wildman–Crippen MR) is 62.9 cm³/mol. The molecular weight excluding hydrogens is 229 g/mol. The predicted octanol–water partition coefficient (Wildman–Crippen LogP) is 2.66. The quantitative estimate of drug-likeness (QED) is 0.555. The second kappa shape index (κ2) is 4.02. The normalized spacial score (nSPS) is 12.0. The highest BCUT2D eigenvalue weighted by Crippen LogP contribution is 2.22. The van der Waals surface area contributed by atoms with Crippen LogP contribution in [-0.4, -0.2) is 16.1 Å². The van der Waals surface area contributed by atoms with Gasteiger partial charge >= 0.3 is 5.97 Å². The highest BCUT2D eigenvalue weighted by Gasteiger charge is 2.06. The van der Waals surface area contributed by atoms with Gasteiger partial charge in [-0.3, -0.25) is 0 Å². The molecule has 2 N–H and O–H groups in total. The van der Waals surface area contributed by atoms with Gasteiger partial charge in [-0.15, -0.1) is 12.6 Å². The minimum atomic E-state index is -1.10. The lowest BCUT2D eigenvalue weighted by atomic mass is 10.1. The highest BCUT2D eigenvalue weighted by molar-refractivity contribution is 7.85. The molecule has 16 heavy (non-hydrogen) atoms. The van der Waals surface area contributed by atoms with Crippen molar-refractivity contribution in [1.29, 1.82) is 0 Å². The van der Waals surface area contributed by atoms with Gasteiger partial charge in [0, 0.05) is 22.7 Å². The molecule has 82 valence electrons. The number of hydrogen-bond donors (Lipinski definition) is 3. The summed E-state index contributed by atoms with van der Waals surface area (Å²) in [6.45, 7) is 0. The molecule has 0 radical (unpaired) electrons. The lowest BCUT2D eigenvalue weighted by molar-refractivity contribution is -0.131. The number of aromatic amines is 1. The maximum atomic E-state index is 12.9. The Balaban J connectivity index is 2.55. The minimum Gasteiger partial charge on any atom is -0.477 e. The average molecular weight is 237 g/mol. The van der Waals surface area contributed by atoms with E-state index in [0.717, 1.165) is 5.39 Å². The van der Waals surface area contributed by atoms with Crippen molar-refractivity contribution in [2.75, 3.05) is 0 Å². The average Bonchev–Trinajstić information content (AvgIpc) is 2.60. The summed E-state index contributed by atoms with van der Waals surface area (Å²) in [5.74, 6) is -1.44. The van der Waals surface area contributed by atoms with Gasteiger partial charge in [-0.1, -0.05) is 0 Å². The fraction of sp³-hybridized carbons (Fsp3) is 0. The maximum absolute atomic E-state index is 12.9. The molecule has 0 aliphatic rings. The first-order chi connectivity index (χ1) is 7.58. The summed E-state index contributed by atoms with van der Waals surface area (Å²) in [4.78, 5) is 13.4. The Bertz CT molecular complexity index is 589. The first-order valence-corrected chi connectivity index (χ1v) is 4.93. The van der Waals surface area contributed by atoms with Gasteiger partial charge in [0.25, 0.3) is 0 Å². The van der Waals surface area contributed by atoms with Crippen molar-refractivity contribution in [3.63, 3.8) is 0 Å². The van der Waals surface area contributed by atoms with Crippen LogP contribution in [0.1, 0.15) is 5.56 Å². The number of H-pyrrole nitrogens is 1. The Kier molecular flexibility index (Phi) is 2.70. The summed E-state index contributed by atoms with van der Waals surface area (Å²) in [7, 11) is 0. The molecule has 1 heterocycles. The van der Waals surface area contributed by atoms with Crippen LogP contribution in [0.15, 0.2) is 29.3 Å². The Labute approximate surface area is 96.0 Å². The van der Waals surface area contributed by atoms with Gasteiger partial charge in [0.1, 0.15) is 5.82 Å². The number of aliphatic carboxylic acids is 1. The number of hydrogen-bond acceptors (Lipinski definition) is 2. The highest BCUT2D eigenvalue weighted by atomic mass is 32.1. The van der Waals surface area contributed by atoms with Crippen LogP contribution in [-0.2, 0) is 4.79 Å². The number of fused-ring (bicyclic) bond motifs is 1. The second-order valence-electron chi connectivity index (χ2n) is 3.27. The zero-order valence-electron chi connectivity index (χ0n) is 8.07. The summed E-state index contributed by atoms with van der Waals surface area (Å²) in [6, 6.07) is 4.27. The van der Waals surface area contributed by atoms with Crippen LogP contribution in [0.4, 0.5) is 4.39 Å². The Morgan fingerprint density at radius 3 is 2.94 bits per heavy atom. The SMILES string of the molecule is O=C(O)/C(S)=C/c1c[nH]c2cc(F)ccc12. The van der Waals surface area contributed by atoms with Crippen molar-refractivity contribution < 1.29 is 14.3 Å². The first-order valence-electron chi connectivity index (χ1n) is 4.48. The van der Waals surface area contributed by atoms with Crippen LogP contribution in [0.2, 0.25) is 0 Å². The zero-order valence-corrected chi connectivity index (χ0v) is 8.96. The molecule has 0 amide bonds. The molecule has 0 saturated carbocycles. The van der Waals surface area contributed by atoms with E-state index in [2.05, 4.69) is 17.6 Å². The molecule has 1 aromatic carbocycles. The van der Waals surface area contributed by atoms with Gasteiger partial charge < -0.3 is 10.1 Å². The summed E-state index contributed by atoms with van der Waals surface area (Å²) in [5, 5.41) is 9.44. The van der Waals surface area contributed by atoms with Crippen molar-refractivity contribution in [2.45, 2.75) is 0 Å². The van der Waals surface area contributed by atoms with E-state index in [0.29, 0.717) is 11.1 Å². The third-order valence-corrected chi connectivity index (χ3v) is 2.51. The van der Waals surface area contributed by atoms with Gasteiger partial charge in [0.05, 0.1) is 4.91 Å². The largest absolute Gasteiger partial charge is 0.477 e. The molecule has 0 atom stereocenters. The van der Waals surface area contributed by atoms with E-state index >= 15 is 0 Å². The third kappa shape index (κ3) is 1.94. The molecule has 1 aromatic heterocycles. The summed E-state index contributed by atoms with van der Waals surface area (Å²) < 4.78 is 12.9. The van der Waals surface area contributed by atoms with Crippen LogP contribution in [0.25, 0.3) is 17.0 Å². The molecule has 0 aliphatic heterocycles. The smallest absolute Gasteiger partial charge is 0.341 e. The number of nitrogens with one attached hydrogen (secondary N) is 1. The molecule has 3 nitrogen and oxygen atoms in total. The number of carbonyl (C=O) groups is 1. The lowest BCUT2D eigenvalue weighted by Gasteiger charge is -1.94. The van der Waals surface area contributed by atoms with E-state index in [1.54, 1.807) is 12.3 Å². The van der Waals surface area contributed by atoms with Gasteiger partial charge in [-0.25, -0.2) is 9.18 Å². The molecular formula is C11H8FNO2S. The third-order valence-electron chi connectivity index (χ3n) is 2.19. The molecule has 0 unspecified atom stereocenters. The summed E-state index contributed by atoms with van der Waals surface area (Å²) >= 11 is 3.83. The van der Waals surface area contributed by atoms with E-state index in [4.69, 9.17) is 5.11 Å². The van der Waals surface area contributed by atoms with E-state index in [-0.39, 0.29) is 10.7 Å². The molecule has 2 rings (SSSR count). The van der Waals surface area contributed by atoms with Crippen LogP contribution < -0.4 is 0 Å². The Morgan fingerprint density at radius 2 is 2.25 bits per heavy atom. The molecule has 0 fully saturated rings. The monoisotopic (exact) mass is 237 g/mol. The van der Waals surface area contributed by atoms with E-state index in [1.807, 2.05) is 0 Å². The van der Waals surface area contributed by atoms with Crippen LogP contribution >= 0.6 is 12.6 Å². The van der Waals surface area contributed by atoms with Crippen LogP contribution in [0, 0.1) is 5.82 Å². The lowest BCUT2D eigenvalue weighted by Crippen LogP contribution is -1.92. The fourth-order valence-corrected chi connectivity index (χ4v) is 1.59. The molecule has 5 heteroatoms. The number of benzene rings is 1. The molecule has 0 bridgehead atoms. The maximum Gasteiger partial charge on any atom is 0.341 e. The van der Waals surface area contributed by atoms with Gasteiger partial charge in [0.15, 0.2) is 0 Å². The number of thiol groups is 1. The van der Waals surface area contributed by atoms with Gasteiger partial charge in [-0.05, 0) is 24.3 Å². The second-order valence-corrected chi connectivity index (χ2v) is 3.75. The van der Waals surface area contributed by atoms with E-state index < -0.39 is 5.97 Å². The number of carboxylic acid groups (broad SMARTS) is 1. The standard InChI is InChI=1S/C11H8FNO2S/c12-7-1-2-8-6(3-10(16)11(14)15)5-13-9(8)4-7/h1-5,13,16H,(H,14,15)/b10-3-. The first kappa shape index (κ1) is 10.8. The van der Waals surface area contributed by atoms with E-state index in [1.165, 1.54) is 18.2 Å². The van der Waals surface area contributed by atoms with Gasteiger partial charge in [-0.2, -0.15) is 0 Å². The number of rotatable bonds is 2. The molecule has 0 saturated heterocycles. The van der Waals surface area contributed by atoms with Crippen molar-refractivity contribution in [3.05, 3.63) is 40.7 Å². The number of halogens is 1. The van der Waals surface area contributed by atoms with Crippen molar-refractivity contribution in [1.82, 2.24) is 4.98 Å². The molecule has 0 spiro atoms. The minimum absolute atomic E-state index is 0.0646.